The molecule has 21 heavy (non-hydrogen) atoms. The van der Waals surface area contributed by atoms with E-state index < -0.39 is 11.6 Å². The second-order valence-corrected chi connectivity index (χ2v) is 6.43. The fourth-order valence-corrected chi connectivity index (χ4v) is 4.10. The van der Waals surface area contributed by atoms with Gasteiger partial charge in [-0.1, -0.05) is 18.9 Å². The lowest BCUT2D eigenvalue weighted by molar-refractivity contribution is -0.0979. The van der Waals surface area contributed by atoms with Crippen LogP contribution in [0.5, 0.6) is 0 Å². The highest BCUT2D eigenvalue weighted by Gasteiger charge is 2.42. The van der Waals surface area contributed by atoms with Gasteiger partial charge in [-0.25, -0.2) is 8.78 Å². The lowest BCUT2D eigenvalue weighted by Gasteiger charge is -2.41. The molecule has 1 saturated carbocycles. The Morgan fingerprint density at radius 1 is 1.24 bits per heavy atom. The summed E-state index contributed by atoms with van der Waals surface area (Å²) in [6.07, 6.45) is 6.73. The van der Waals surface area contributed by atoms with E-state index in [1.165, 1.54) is 25.0 Å². The fraction of sp³-hybridized carbons (Fsp3) is 0.647. The minimum atomic E-state index is -0.784. The second-order valence-electron chi connectivity index (χ2n) is 6.43. The number of nitrogens with one attached hydrogen (secondary N) is 1. The van der Waals surface area contributed by atoms with Crippen molar-refractivity contribution in [2.75, 3.05) is 13.7 Å². The molecule has 4 heteroatoms. The zero-order chi connectivity index (χ0) is 14.9. The SMILES string of the molecule is CNC(c1ccc(F)c(F)c1)C1CCOC2(CCCC2)C1. The summed E-state index contributed by atoms with van der Waals surface area (Å²) in [5.74, 6) is -1.14. The van der Waals surface area contributed by atoms with Crippen molar-refractivity contribution in [3.8, 4) is 0 Å². The topological polar surface area (TPSA) is 21.3 Å². The molecule has 1 spiro atoms. The number of hydrogen-bond acceptors (Lipinski definition) is 2. The van der Waals surface area contributed by atoms with Gasteiger partial charge in [0.15, 0.2) is 11.6 Å². The molecular formula is C17H23F2NO. The van der Waals surface area contributed by atoms with Crippen LogP contribution in [-0.2, 0) is 4.74 Å². The van der Waals surface area contributed by atoms with Crippen LogP contribution in [0.4, 0.5) is 8.78 Å². The van der Waals surface area contributed by atoms with Crippen LogP contribution in [0.3, 0.4) is 0 Å². The van der Waals surface area contributed by atoms with E-state index in [2.05, 4.69) is 5.32 Å². The summed E-state index contributed by atoms with van der Waals surface area (Å²) in [4.78, 5) is 0. The molecule has 1 saturated heterocycles. The minimum Gasteiger partial charge on any atom is -0.375 e. The molecule has 1 aromatic rings. The lowest BCUT2D eigenvalue weighted by Crippen LogP contribution is -2.41. The Morgan fingerprint density at radius 2 is 2.00 bits per heavy atom. The van der Waals surface area contributed by atoms with Gasteiger partial charge >= 0.3 is 0 Å². The van der Waals surface area contributed by atoms with Crippen LogP contribution in [0.2, 0.25) is 0 Å². The van der Waals surface area contributed by atoms with E-state index in [0.717, 1.165) is 37.9 Å². The Hall–Kier alpha value is -1.00. The van der Waals surface area contributed by atoms with Crippen molar-refractivity contribution in [3.63, 3.8) is 0 Å². The summed E-state index contributed by atoms with van der Waals surface area (Å²) in [6, 6.07) is 4.30. The van der Waals surface area contributed by atoms with Crippen LogP contribution < -0.4 is 5.32 Å². The summed E-state index contributed by atoms with van der Waals surface area (Å²) < 4.78 is 32.7. The Bertz CT molecular complexity index is 500. The zero-order valence-electron chi connectivity index (χ0n) is 12.5. The second kappa shape index (κ2) is 6.01. The first-order chi connectivity index (χ1) is 10.1. The summed E-state index contributed by atoms with van der Waals surface area (Å²) in [5, 5.41) is 3.30. The standard InChI is InChI=1S/C17H23F2NO/c1-20-16(12-4-5-14(18)15(19)10-12)13-6-9-21-17(11-13)7-2-3-8-17/h4-5,10,13,16,20H,2-3,6-9,11H2,1H3. The first-order valence-corrected chi connectivity index (χ1v) is 7.90. The number of halogens is 2. The molecule has 116 valence electrons. The van der Waals surface area contributed by atoms with E-state index in [-0.39, 0.29) is 11.6 Å². The maximum Gasteiger partial charge on any atom is 0.159 e. The molecule has 2 unspecified atom stereocenters. The van der Waals surface area contributed by atoms with Crippen LogP contribution in [0.15, 0.2) is 18.2 Å². The number of rotatable bonds is 3. The summed E-state index contributed by atoms with van der Waals surface area (Å²) >= 11 is 0. The third-order valence-electron chi connectivity index (χ3n) is 5.13. The molecule has 2 aliphatic rings. The normalized spacial score (nSPS) is 26.1. The van der Waals surface area contributed by atoms with Gasteiger partial charge in [0.05, 0.1) is 5.60 Å². The molecule has 1 N–H and O–H groups in total. The average molecular weight is 295 g/mol. The predicted molar refractivity (Wildman–Crippen MR) is 78.0 cm³/mol. The van der Waals surface area contributed by atoms with Gasteiger partial charge < -0.3 is 10.1 Å². The van der Waals surface area contributed by atoms with Crippen LogP contribution in [0, 0.1) is 17.6 Å². The molecule has 0 aromatic heterocycles. The van der Waals surface area contributed by atoms with Gasteiger partial charge in [-0.2, -0.15) is 0 Å². The van der Waals surface area contributed by atoms with Crippen molar-refractivity contribution in [2.45, 2.75) is 50.2 Å². The highest BCUT2D eigenvalue weighted by atomic mass is 19.2. The predicted octanol–water partition coefficient (Wildman–Crippen LogP) is 3.96. The van der Waals surface area contributed by atoms with E-state index in [9.17, 15) is 8.78 Å². The van der Waals surface area contributed by atoms with Crippen molar-refractivity contribution >= 4 is 0 Å². The maximum absolute atomic E-state index is 13.5. The Morgan fingerprint density at radius 3 is 2.67 bits per heavy atom. The molecule has 3 rings (SSSR count). The summed E-state index contributed by atoms with van der Waals surface area (Å²) in [5.41, 5.74) is 0.868. The molecule has 2 fully saturated rings. The van der Waals surface area contributed by atoms with Crippen molar-refractivity contribution in [1.82, 2.24) is 5.32 Å². The first kappa shape index (κ1) is 14.9. The molecular weight excluding hydrogens is 272 g/mol. The monoisotopic (exact) mass is 295 g/mol. The molecule has 0 amide bonds. The van der Waals surface area contributed by atoms with Gasteiger partial charge in [0, 0.05) is 12.6 Å². The van der Waals surface area contributed by atoms with Crippen LogP contribution in [0.25, 0.3) is 0 Å². The average Bonchev–Trinajstić information content (AvgIpc) is 2.91. The molecule has 1 aromatic carbocycles. The van der Waals surface area contributed by atoms with Crippen molar-refractivity contribution < 1.29 is 13.5 Å². The number of hydrogen-bond donors (Lipinski definition) is 1. The van der Waals surface area contributed by atoms with Gasteiger partial charge in [0.1, 0.15) is 0 Å². The Labute approximate surface area is 124 Å². The van der Waals surface area contributed by atoms with E-state index in [1.807, 2.05) is 7.05 Å². The van der Waals surface area contributed by atoms with Crippen LogP contribution >= 0.6 is 0 Å². The highest BCUT2D eigenvalue weighted by Crippen LogP contribution is 2.45. The smallest absolute Gasteiger partial charge is 0.159 e. The molecule has 0 bridgehead atoms. The maximum atomic E-state index is 13.5. The van der Waals surface area contributed by atoms with Crippen molar-refractivity contribution in [1.29, 1.82) is 0 Å². The van der Waals surface area contributed by atoms with Crippen molar-refractivity contribution in [2.24, 2.45) is 5.92 Å². The van der Waals surface area contributed by atoms with Gasteiger partial charge in [-0.15, -0.1) is 0 Å². The van der Waals surface area contributed by atoms with Gasteiger partial charge in [0.2, 0.25) is 0 Å². The van der Waals surface area contributed by atoms with Crippen LogP contribution in [-0.4, -0.2) is 19.3 Å². The fourth-order valence-electron chi connectivity index (χ4n) is 4.10. The van der Waals surface area contributed by atoms with Crippen molar-refractivity contribution in [3.05, 3.63) is 35.4 Å². The third kappa shape index (κ3) is 2.97. The molecule has 0 radical (unpaired) electrons. The zero-order valence-corrected chi connectivity index (χ0v) is 12.5. The molecule has 2 nitrogen and oxygen atoms in total. The first-order valence-electron chi connectivity index (χ1n) is 7.90. The number of ether oxygens (including phenoxy) is 1. The van der Waals surface area contributed by atoms with Gasteiger partial charge in [-0.05, 0) is 56.3 Å². The summed E-state index contributed by atoms with van der Waals surface area (Å²) in [6.45, 7) is 0.770. The van der Waals surface area contributed by atoms with E-state index >= 15 is 0 Å². The van der Waals surface area contributed by atoms with E-state index in [0.29, 0.717) is 5.92 Å². The van der Waals surface area contributed by atoms with Gasteiger partial charge in [0.25, 0.3) is 0 Å². The van der Waals surface area contributed by atoms with E-state index in [4.69, 9.17) is 4.74 Å². The number of benzene rings is 1. The third-order valence-corrected chi connectivity index (χ3v) is 5.13. The Balaban J connectivity index is 1.80. The Kier molecular flexibility index (Phi) is 4.27. The van der Waals surface area contributed by atoms with Crippen LogP contribution in [0.1, 0.15) is 50.1 Å². The molecule has 1 aliphatic heterocycles. The quantitative estimate of drug-likeness (QED) is 0.911. The molecule has 1 heterocycles. The highest BCUT2D eigenvalue weighted by molar-refractivity contribution is 5.22. The lowest BCUT2D eigenvalue weighted by atomic mass is 9.78. The molecule has 1 aliphatic carbocycles. The van der Waals surface area contributed by atoms with E-state index in [1.54, 1.807) is 6.07 Å². The largest absolute Gasteiger partial charge is 0.375 e. The van der Waals surface area contributed by atoms with Gasteiger partial charge in [-0.3, -0.25) is 0 Å². The minimum absolute atomic E-state index is 0.0383. The summed E-state index contributed by atoms with van der Waals surface area (Å²) in [7, 11) is 1.89. The molecule has 2 atom stereocenters.